The standard InChI is InChI=1S/C13H12BrN3O2/c1-9(10-3-2-6-15-8-10)16-13-7-11(17(18)19)4-5-12(13)14/h2-9,16H,1H3. The minimum Gasteiger partial charge on any atom is -0.377 e. The summed E-state index contributed by atoms with van der Waals surface area (Å²) in [6, 6.07) is 8.45. The largest absolute Gasteiger partial charge is 0.377 e. The molecule has 1 aromatic heterocycles. The SMILES string of the molecule is CC(Nc1cc([N+](=O)[O-])ccc1Br)c1cccnc1. The molecule has 1 atom stereocenters. The molecule has 0 bridgehead atoms. The van der Waals surface area contributed by atoms with Crippen LogP contribution in [0, 0.1) is 10.1 Å². The first kappa shape index (κ1) is 13.5. The van der Waals surface area contributed by atoms with Gasteiger partial charge in [0.05, 0.1) is 16.7 Å². The van der Waals surface area contributed by atoms with Crippen LogP contribution in [-0.4, -0.2) is 9.91 Å². The van der Waals surface area contributed by atoms with Gasteiger partial charge in [0.25, 0.3) is 5.69 Å². The number of nitro groups is 1. The summed E-state index contributed by atoms with van der Waals surface area (Å²) in [5, 5.41) is 14.0. The molecule has 0 aliphatic rings. The number of aromatic nitrogens is 1. The number of hydrogen-bond acceptors (Lipinski definition) is 4. The van der Waals surface area contributed by atoms with Crippen molar-refractivity contribution in [2.24, 2.45) is 0 Å². The van der Waals surface area contributed by atoms with Gasteiger partial charge >= 0.3 is 0 Å². The Kier molecular flexibility index (Phi) is 4.11. The molecule has 0 saturated heterocycles. The van der Waals surface area contributed by atoms with Crippen LogP contribution in [0.3, 0.4) is 0 Å². The Morgan fingerprint density at radius 1 is 1.42 bits per heavy atom. The van der Waals surface area contributed by atoms with Gasteiger partial charge in [-0.05, 0) is 40.5 Å². The van der Waals surface area contributed by atoms with E-state index in [9.17, 15) is 10.1 Å². The molecule has 19 heavy (non-hydrogen) atoms. The number of anilines is 1. The second-order valence-electron chi connectivity index (χ2n) is 4.07. The molecule has 2 aromatic rings. The normalized spacial score (nSPS) is 11.9. The average molecular weight is 322 g/mol. The van der Waals surface area contributed by atoms with Crippen molar-refractivity contribution in [2.45, 2.75) is 13.0 Å². The second kappa shape index (κ2) is 5.79. The number of rotatable bonds is 4. The van der Waals surface area contributed by atoms with E-state index in [1.165, 1.54) is 12.1 Å². The Labute approximate surface area is 119 Å². The Morgan fingerprint density at radius 3 is 2.84 bits per heavy atom. The van der Waals surface area contributed by atoms with Crippen LogP contribution in [0.25, 0.3) is 0 Å². The van der Waals surface area contributed by atoms with E-state index in [4.69, 9.17) is 0 Å². The van der Waals surface area contributed by atoms with Gasteiger partial charge < -0.3 is 5.32 Å². The van der Waals surface area contributed by atoms with E-state index in [1.54, 1.807) is 18.5 Å². The molecule has 1 heterocycles. The fraction of sp³-hybridized carbons (Fsp3) is 0.154. The molecule has 0 radical (unpaired) electrons. The third-order valence-electron chi connectivity index (χ3n) is 2.72. The van der Waals surface area contributed by atoms with Gasteiger partial charge in [-0.3, -0.25) is 15.1 Å². The zero-order chi connectivity index (χ0) is 13.8. The monoisotopic (exact) mass is 321 g/mol. The summed E-state index contributed by atoms with van der Waals surface area (Å²) in [7, 11) is 0. The maximum atomic E-state index is 10.8. The molecule has 0 fully saturated rings. The first-order chi connectivity index (χ1) is 9.08. The lowest BCUT2D eigenvalue weighted by Crippen LogP contribution is -2.07. The highest BCUT2D eigenvalue weighted by molar-refractivity contribution is 9.10. The number of nitrogens with zero attached hydrogens (tertiary/aromatic N) is 2. The summed E-state index contributed by atoms with van der Waals surface area (Å²) < 4.78 is 0.786. The molecular formula is C13H12BrN3O2. The van der Waals surface area contributed by atoms with Crippen LogP contribution in [0.5, 0.6) is 0 Å². The zero-order valence-corrected chi connectivity index (χ0v) is 11.8. The maximum absolute atomic E-state index is 10.8. The van der Waals surface area contributed by atoms with Crippen LogP contribution in [0.1, 0.15) is 18.5 Å². The van der Waals surface area contributed by atoms with Crippen molar-refractivity contribution in [3.05, 3.63) is 62.9 Å². The molecule has 6 heteroatoms. The quantitative estimate of drug-likeness (QED) is 0.684. The van der Waals surface area contributed by atoms with Crippen molar-refractivity contribution < 1.29 is 4.92 Å². The number of hydrogen-bond donors (Lipinski definition) is 1. The van der Waals surface area contributed by atoms with Crippen LogP contribution >= 0.6 is 15.9 Å². The van der Waals surface area contributed by atoms with Gasteiger partial charge in [0.2, 0.25) is 0 Å². The highest BCUT2D eigenvalue weighted by Crippen LogP contribution is 2.30. The predicted molar refractivity (Wildman–Crippen MR) is 77.1 cm³/mol. The number of benzene rings is 1. The topological polar surface area (TPSA) is 68.1 Å². The Bertz CT molecular complexity index is 590. The summed E-state index contributed by atoms with van der Waals surface area (Å²) in [5.41, 5.74) is 1.76. The highest BCUT2D eigenvalue weighted by Gasteiger charge is 2.12. The number of pyridine rings is 1. The molecule has 98 valence electrons. The van der Waals surface area contributed by atoms with E-state index in [-0.39, 0.29) is 11.7 Å². The molecule has 1 aromatic carbocycles. The number of non-ortho nitro benzene ring substituents is 1. The van der Waals surface area contributed by atoms with Crippen molar-refractivity contribution in [1.29, 1.82) is 0 Å². The van der Waals surface area contributed by atoms with Crippen LogP contribution in [-0.2, 0) is 0 Å². The first-order valence-electron chi connectivity index (χ1n) is 5.68. The maximum Gasteiger partial charge on any atom is 0.271 e. The molecule has 2 rings (SSSR count). The van der Waals surface area contributed by atoms with Gasteiger partial charge in [-0.15, -0.1) is 0 Å². The van der Waals surface area contributed by atoms with E-state index in [1.807, 2.05) is 19.1 Å². The van der Waals surface area contributed by atoms with E-state index in [2.05, 4.69) is 26.2 Å². The van der Waals surface area contributed by atoms with Gasteiger partial charge in [-0.2, -0.15) is 0 Å². The third kappa shape index (κ3) is 3.29. The van der Waals surface area contributed by atoms with Gasteiger partial charge in [0.1, 0.15) is 0 Å². The summed E-state index contributed by atoms with van der Waals surface area (Å²) >= 11 is 3.38. The summed E-state index contributed by atoms with van der Waals surface area (Å²) in [6.45, 7) is 1.97. The molecule has 0 spiro atoms. The fourth-order valence-corrected chi connectivity index (χ4v) is 2.05. The van der Waals surface area contributed by atoms with E-state index >= 15 is 0 Å². The summed E-state index contributed by atoms with van der Waals surface area (Å²) in [5.74, 6) is 0. The molecule has 5 nitrogen and oxygen atoms in total. The van der Waals surface area contributed by atoms with E-state index in [0.717, 1.165) is 10.0 Å². The minimum absolute atomic E-state index is 0.00649. The highest BCUT2D eigenvalue weighted by atomic mass is 79.9. The third-order valence-corrected chi connectivity index (χ3v) is 3.41. The first-order valence-corrected chi connectivity index (χ1v) is 6.47. The molecule has 1 N–H and O–H groups in total. The Hall–Kier alpha value is -1.95. The van der Waals surface area contributed by atoms with Crippen molar-refractivity contribution >= 4 is 27.3 Å². The van der Waals surface area contributed by atoms with Gasteiger partial charge in [0.15, 0.2) is 0 Å². The van der Waals surface area contributed by atoms with Gasteiger partial charge in [-0.25, -0.2) is 0 Å². The minimum atomic E-state index is -0.410. The summed E-state index contributed by atoms with van der Waals surface area (Å²) in [4.78, 5) is 14.4. The smallest absolute Gasteiger partial charge is 0.271 e. The number of halogens is 1. The lowest BCUT2D eigenvalue weighted by molar-refractivity contribution is -0.384. The zero-order valence-electron chi connectivity index (χ0n) is 10.2. The van der Waals surface area contributed by atoms with Crippen LogP contribution in [0.4, 0.5) is 11.4 Å². The molecule has 0 saturated carbocycles. The second-order valence-corrected chi connectivity index (χ2v) is 4.93. The van der Waals surface area contributed by atoms with Crippen LogP contribution < -0.4 is 5.32 Å². The molecule has 0 amide bonds. The van der Waals surface area contributed by atoms with Crippen molar-refractivity contribution in [1.82, 2.24) is 4.98 Å². The number of nitro benzene ring substituents is 1. The molecular weight excluding hydrogens is 310 g/mol. The van der Waals surface area contributed by atoms with Crippen LogP contribution in [0.15, 0.2) is 47.2 Å². The van der Waals surface area contributed by atoms with Gasteiger partial charge in [0, 0.05) is 29.0 Å². The summed E-state index contributed by atoms with van der Waals surface area (Å²) in [6.07, 6.45) is 3.47. The Balaban J connectivity index is 2.23. The van der Waals surface area contributed by atoms with Crippen molar-refractivity contribution in [3.8, 4) is 0 Å². The lowest BCUT2D eigenvalue weighted by Gasteiger charge is -2.16. The molecule has 0 aliphatic carbocycles. The van der Waals surface area contributed by atoms with Crippen LogP contribution in [0.2, 0.25) is 0 Å². The van der Waals surface area contributed by atoms with Gasteiger partial charge in [-0.1, -0.05) is 6.07 Å². The van der Waals surface area contributed by atoms with Crippen molar-refractivity contribution in [3.63, 3.8) is 0 Å². The lowest BCUT2D eigenvalue weighted by atomic mass is 10.1. The Morgan fingerprint density at radius 2 is 2.21 bits per heavy atom. The fourth-order valence-electron chi connectivity index (χ4n) is 1.69. The predicted octanol–water partition coefficient (Wildman–Crippen LogP) is 3.93. The van der Waals surface area contributed by atoms with E-state index < -0.39 is 4.92 Å². The number of nitrogens with one attached hydrogen (secondary N) is 1. The van der Waals surface area contributed by atoms with E-state index in [0.29, 0.717) is 5.69 Å². The molecule has 1 unspecified atom stereocenters. The average Bonchev–Trinajstić information content (AvgIpc) is 2.42. The molecule has 0 aliphatic heterocycles. The van der Waals surface area contributed by atoms with Crippen molar-refractivity contribution in [2.75, 3.05) is 5.32 Å².